The quantitative estimate of drug-likeness (QED) is 0.395. The lowest BCUT2D eigenvalue weighted by Crippen LogP contribution is -2.21. The summed E-state index contributed by atoms with van der Waals surface area (Å²) in [6.45, 7) is 1.88. The molecule has 33 heavy (non-hydrogen) atoms. The highest BCUT2D eigenvalue weighted by molar-refractivity contribution is 6.31. The summed E-state index contributed by atoms with van der Waals surface area (Å²) in [5, 5.41) is 12.7. The molecule has 3 aromatic heterocycles. The number of carbonyl (C=O) groups is 1. The van der Waals surface area contributed by atoms with Gasteiger partial charge >= 0.3 is 11.8 Å². The Labute approximate surface area is 192 Å². The van der Waals surface area contributed by atoms with E-state index in [0.29, 0.717) is 27.4 Å². The van der Waals surface area contributed by atoms with Gasteiger partial charge in [-0.1, -0.05) is 23.7 Å². The molecular weight excluding hydrogens is 442 g/mol. The van der Waals surface area contributed by atoms with Gasteiger partial charge in [-0.25, -0.2) is 9.59 Å². The van der Waals surface area contributed by atoms with Crippen molar-refractivity contribution >= 4 is 45.3 Å². The van der Waals surface area contributed by atoms with Gasteiger partial charge < -0.3 is 5.11 Å². The number of benzene rings is 2. The van der Waals surface area contributed by atoms with Crippen molar-refractivity contribution < 1.29 is 9.90 Å². The Kier molecular flexibility index (Phi) is 4.87. The van der Waals surface area contributed by atoms with Crippen LogP contribution < -0.4 is 11.0 Å². The van der Waals surface area contributed by atoms with Crippen LogP contribution in [0.5, 0.6) is 0 Å². The summed E-state index contributed by atoms with van der Waals surface area (Å²) in [5.74, 6) is 0. The van der Waals surface area contributed by atoms with E-state index >= 15 is 0 Å². The highest BCUT2D eigenvalue weighted by Gasteiger charge is 2.18. The Hall–Kier alpha value is -4.17. The lowest BCUT2D eigenvalue weighted by molar-refractivity contribution is 0.209. The predicted molar refractivity (Wildman–Crippen MR) is 128 cm³/mol. The number of hydrogen-bond donors (Lipinski definition) is 2. The largest absolute Gasteiger partial charge is 0.465 e. The van der Waals surface area contributed by atoms with E-state index in [-0.39, 0.29) is 5.69 Å². The summed E-state index contributed by atoms with van der Waals surface area (Å²) in [4.78, 5) is 33.0. The van der Waals surface area contributed by atoms with Crippen LogP contribution in [0.4, 0.5) is 10.5 Å². The Morgan fingerprint density at radius 2 is 1.91 bits per heavy atom. The van der Waals surface area contributed by atoms with Gasteiger partial charge in [0.05, 0.1) is 40.3 Å². The maximum atomic E-state index is 13.3. The number of rotatable bonds is 3. The van der Waals surface area contributed by atoms with E-state index < -0.39 is 6.09 Å². The molecule has 1 amide bonds. The van der Waals surface area contributed by atoms with E-state index in [1.165, 1.54) is 6.20 Å². The Morgan fingerprint density at radius 1 is 1.09 bits per heavy atom. The molecule has 0 radical (unpaired) electrons. The maximum Gasteiger partial charge on any atom is 0.409 e. The number of hydrogen-bond acceptors (Lipinski definition) is 4. The molecule has 3 heterocycles. The van der Waals surface area contributed by atoms with Crippen molar-refractivity contribution in [2.45, 2.75) is 6.92 Å². The van der Waals surface area contributed by atoms with Crippen molar-refractivity contribution in [3.05, 3.63) is 82.1 Å². The van der Waals surface area contributed by atoms with Crippen LogP contribution in [0, 0.1) is 6.92 Å². The maximum absolute atomic E-state index is 13.3. The number of aryl methyl sites for hydroxylation is 1. The van der Waals surface area contributed by atoms with Crippen molar-refractivity contribution in [1.82, 2.24) is 19.1 Å². The molecule has 0 aliphatic heterocycles. The molecule has 5 rings (SSSR count). The second-order valence-corrected chi connectivity index (χ2v) is 8.08. The average molecular weight is 460 g/mol. The number of aromatic nitrogens is 4. The third-order valence-electron chi connectivity index (χ3n) is 5.69. The summed E-state index contributed by atoms with van der Waals surface area (Å²) in [6, 6.07) is 12.9. The minimum Gasteiger partial charge on any atom is -0.465 e. The zero-order valence-corrected chi connectivity index (χ0v) is 18.5. The van der Waals surface area contributed by atoms with Crippen LogP contribution in [0.25, 0.3) is 38.8 Å². The molecule has 0 spiro atoms. The highest BCUT2D eigenvalue weighted by atomic mass is 35.5. The predicted octanol–water partition coefficient (Wildman–Crippen LogP) is 4.99. The molecule has 2 N–H and O–H groups in total. The first kappa shape index (κ1) is 20.7. The average Bonchev–Trinajstić information content (AvgIpc) is 3.05. The summed E-state index contributed by atoms with van der Waals surface area (Å²) < 4.78 is 3.22. The van der Waals surface area contributed by atoms with E-state index in [0.717, 1.165) is 27.6 Å². The SMILES string of the molecule is Cc1c(Cl)cccc1-n1c(=O)n(C)c2cnc3ccc(-c4cncc(NC(=O)O)c4)cc3c21. The molecule has 0 aliphatic carbocycles. The molecule has 0 bridgehead atoms. The van der Waals surface area contributed by atoms with Gasteiger partial charge in [-0.2, -0.15) is 0 Å². The smallest absolute Gasteiger partial charge is 0.409 e. The minimum absolute atomic E-state index is 0.204. The Bertz CT molecular complexity index is 1640. The van der Waals surface area contributed by atoms with Gasteiger partial charge in [-0.05, 0) is 48.4 Å². The highest BCUT2D eigenvalue weighted by Crippen LogP contribution is 2.31. The fraction of sp³-hybridized carbons (Fsp3) is 0.0833. The number of nitrogens with zero attached hydrogens (tertiary/aromatic N) is 4. The van der Waals surface area contributed by atoms with Gasteiger partial charge in [0.15, 0.2) is 0 Å². The van der Waals surface area contributed by atoms with Crippen LogP contribution in [-0.4, -0.2) is 30.3 Å². The number of carboxylic acid groups (broad SMARTS) is 1. The molecular formula is C24H18ClN5O3. The Balaban J connectivity index is 1.81. The van der Waals surface area contributed by atoms with Crippen molar-refractivity contribution in [3.63, 3.8) is 0 Å². The van der Waals surface area contributed by atoms with Gasteiger partial charge in [-0.3, -0.25) is 24.4 Å². The number of halogens is 1. The second-order valence-electron chi connectivity index (χ2n) is 7.68. The molecule has 9 heteroatoms. The molecule has 0 fully saturated rings. The first-order valence-corrected chi connectivity index (χ1v) is 10.4. The molecule has 0 saturated heterocycles. The molecule has 8 nitrogen and oxygen atoms in total. The van der Waals surface area contributed by atoms with Gasteiger partial charge in [0.1, 0.15) is 0 Å². The molecule has 164 valence electrons. The molecule has 0 atom stereocenters. The number of fused-ring (bicyclic) bond motifs is 3. The van der Waals surface area contributed by atoms with Crippen LogP contribution in [0.15, 0.2) is 65.8 Å². The standard InChI is InChI=1S/C24H18ClN5O3/c1-13-18(25)4-3-5-20(13)30-22-17-9-14(15-8-16(11-26-10-15)28-23(31)32)6-7-19(17)27-12-21(22)29(2)24(30)33/h3-12,28H,1-2H3,(H,31,32). The summed E-state index contributed by atoms with van der Waals surface area (Å²) in [7, 11) is 1.71. The van der Waals surface area contributed by atoms with Crippen LogP contribution in [0.2, 0.25) is 5.02 Å². The Morgan fingerprint density at radius 3 is 2.70 bits per heavy atom. The topological polar surface area (TPSA) is 102 Å². The van der Waals surface area contributed by atoms with Gasteiger partial charge in [-0.15, -0.1) is 0 Å². The number of pyridine rings is 2. The number of imidazole rings is 1. The fourth-order valence-electron chi connectivity index (χ4n) is 4.03. The fourth-order valence-corrected chi connectivity index (χ4v) is 4.20. The van der Waals surface area contributed by atoms with Crippen LogP contribution in [0.1, 0.15) is 5.56 Å². The summed E-state index contributed by atoms with van der Waals surface area (Å²) in [5.41, 5.74) is 5.31. The van der Waals surface area contributed by atoms with Gasteiger partial charge in [0, 0.05) is 29.2 Å². The monoisotopic (exact) mass is 459 g/mol. The number of amides is 1. The van der Waals surface area contributed by atoms with E-state index in [9.17, 15) is 9.59 Å². The van der Waals surface area contributed by atoms with Crippen LogP contribution >= 0.6 is 11.6 Å². The first-order valence-electron chi connectivity index (χ1n) is 10.1. The zero-order chi connectivity index (χ0) is 23.3. The third kappa shape index (κ3) is 3.41. The van der Waals surface area contributed by atoms with E-state index in [4.69, 9.17) is 16.7 Å². The lowest BCUT2D eigenvalue weighted by Gasteiger charge is -2.11. The van der Waals surface area contributed by atoms with E-state index in [1.807, 2.05) is 37.3 Å². The van der Waals surface area contributed by atoms with Crippen LogP contribution in [0.3, 0.4) is 0 Å². The van der Waals surface area contributed by atoms with Gasteiger partial charge in [0.25, 0.3) is 0 Å². The van der Waals surface area contributed by atoms with Gasteiger partial charge in [0.2, 0.25) is 0 Å². The summed E-state index contributed by atoms with van der Waals surface area (Å²) in [6.07, 6.45) is 3.62. The molecule has 0 aliphatic rings. The zero-order valence-electron chi connectivity index (χ0n) is 17.7. The van der Waals surface area contributed by atoms with Crippen molar-refractivity contribution in [2.75, 3.05) is 5.32 Å². The molecule has 5 aromatic rings. The summed E-state index contributed by atoms with van der Waals surface area (Å²) >= 11 is 6.36. The second kappa shape index (κ2) is 7.75. The van der Waals surface area contributed by atoms with Crippen LogP contribution in [-0.2, 0) is 7.05 Å². The van der Waals surface area contributed by atoms with Crippen molar-refractivity contribution in [1.29, 1.82) is 0 Å². The molecule has 2 aromatic carbocycles. The number of nitrogens with one attached hydrogen (secondary N) is 1. The minimum atomic E-state index is -1.16. The molecule has 0 unspecified atom stereocenters. The normalized spacial score (nSPS) is 11.2. The third-order valence-corrected chi connectivity index (χ3v) is 6.10. The van der Waals surface area contributed by atoms with Crippen molar-refractivity contribution in [3.8, 4) is 16.8 Å². The van der Waals surface area contributed by atoms with E-state index in [1.54, 1.807) is 40.7 Å². The number of anilines is 1. The first-order chi connectivity index (χ1) is 15.8. The lowest BCUT2D eigenvalue weighted by atomic mass is 10.0. The molecule has 0 saturated carbocycles. The van der Waals surface area contributed by atoms with E-state index in [2.05, 4.69) is 15.3 Å². The van der Waals surface area contributed by atoms with Crippen molar-refractivity contribution in [2.24, 2.45) is 7.05 Å².